The molecule has 0 aliphatic carbocycles. The van der Waals surface area contributed by atoms with Gasteiger partial charge < -0.3 is 20.4 Å². The molecule has 4 N–H and O–H groups in total. The van der Waals surface area contributed by atoms with E-state index in [0.717, 1.165) is 9.80 Å². The minimum absolute atomic E-state index is 0.409. The Labute approximate surface area is 70.3 Å². The Hall–Kier alpha value is -1.00. The number of nitrogens with zero attached hydrogens (tertiary/aromatic N) is 2. The lowest BCUT2D eigenvalue weighted by Crippen LogP contribution is -2.24. The van der Waals surface area contributed by atoms with Gasteiger partial charge in [-0.25, -0.2) is 0 Å². The second kappa shape index (κ2) is 6.69. The molecule has 0 heterocycles. The molecular weight excluding hydrogens is 164 g/mol. The Kier molecular flexibility index (Phi) is 6.14. The van der Waals surface area contributed by atoms with Crippen LogP contribution in [0.3, 0.4) is 0 Å². The van der Waals surface area contributed by atoms with E-state index in [0.29, 0.717) is 0 Å². The quantitative estimate of drug-likeness (QED) is 0.212. The van der Waals surface area contributed by atoms with Gasteiger partial charge in [0.15, 0.2) is 0 Å². The van der Waals surface area contributed by atoms with Gasteiger partial charge in [-0.05, 0) is 0 Å². The minimum atomic E-state index is -0.409. The summed E-state index contributed by atoms with van der Waals surface area (Å²) in [5.74, 6) is 0. The molecule has 0 amide bonds. The zero-order chi connectivity index (χ0) is 9.40. The van der Waals surface area contributed by atoms with Gasteiger partial charge in [-0.3, -0.25) is 9.80 Å². The van der Waals surface area contributed by atoms with E-state index in [1.807, 2.05) is 0 Å². The molecule has 0 aromatic heterocycles. The van der Waals surface area contributed by atoms with Crippen LogP contribution in [0.1, 0.15) is 0 Å². The summed E-state index contributed by atoms with van der Waals surface area (Å²) < 4.78 is 0. The van der Waals surface area contributed by atoms with E-state index >= 15 is 0 Å². The summed E-state index contributed by atoms with van der Waals surface area (Å²) in [4.78, 5) is 2.00. The van der Waals surface area contributed by atoms with Crippen LogP contribution in [0.4, 0.5) is 0 Å². The molecule has 6 nitrogen and oxygen atoms in total. The highest BCUT2D eigenvalue weighted by Gasteiger charge is 1.94. The summed E-state index contributed by atoms with van der Waals surface area (Å²) >= 11 is 0. The summed E-state index contributed by atoms with van der Waals surface area (Å²) in [6.45, 7) is -1.63. The molecule has 6 heteroatoms. The monoisotopic (exact) mass is 176 g/mol. The van der Waals surface area contributed by atoms with Gasteiger partial charge in [0.25, 0.3) is 0 Å². The molecule has 0 radical (unpaired) electrons. The van der Waals surface area contributed by atoms with Crippen LogP contribution in [0.2, 0.25) is 0 Å². The molecule has 12 heavy (non-hydrogen) atoms. The van der Waals surface area contributed by atoms with E-state index in [1.165, 1.54) is 0 Å². The lowest BCUT2D eigenvalue weighted by molar-refractivity contribution is 0.0671. The molecule has 0 aliphatic rings. The Morgan fingerprint density at radius 2 is 0.917 bits per heavy atom. The maximum Gasteiger partial charge on any atom is 0.125 e. The molecule has 0 saturated heterocycles. The molecular formula is C6H12N2O4. The molecule has 0 bridgehead atoms. The summed E-state index contributed by atoms with van der Waals surface area (Å²) in [5, 5.41) is 34.0. The SMILES string of the molecule is OCN(C#CN(CO)CO)CO. The predicted octanol–water partition coefficient (Wildman–Crippen LogP) is -2.69. The Bertz CT molecular complexity index is 141. The van der Waals surface area contributed by atoms with E-state index in [-0.39, 0.29) is 0 Å². The van der Waals surface area contributed by atoms with E-state index in [1.54, 1.807) is 0 Å². The predicted molar refractivity (Wildman–Crippen MR) is 39.8 cm³/mol. The summed E-state index contributed by atoms with van der Waals surface area (Å²) in [6, 6.07) is 4.62. The van der Waals surface area contributed by atoms with Crippen LogP contribution in [0.25, 0.3) is 0 Å². The number of aliphatic hydroxyl groups excluding tert-OH is 4. The van der Waals surface area contributed by atoms with Crippen molar-refractivity contribution in [3.8, 4) is 12.1 Å². The van der Waals surface area contributed by atoms with Crippen molar-refractivity contribution in [1.29, 1.82) is 0 Å². The maximum atomic E-state index is 8.50. The first kappa shape index (κ1) is 11.0. The van der Waals surface area contributed by atoms with Gasteiger partial charge in [0, 0.05) is 12.1 Å². The third-order valence-corrected chi connectivity index (χ3v) is 1.05. The van der Waals surface area contributed by atoms with Crippen LogP contribution in [0, 0.1) is 12.1 Å². The van der Waals surface area contributed by atoms with Crippen molar-refractivity contribution in [2.24, 2.45) is 0 Å². The zero-order valence-corrected chi connectivity index (χ0v) is 6.51. The smallest absolute Gasteiger partial charge is 0.125 e. The van der Waals surface area contributed by atoms with Gasteiger partial charge in [0.1, 0.15) is 26.9 Å². The Morgan fingerprint density at radius 1 is 0.667 bits per heavy atom. The molecule has 0 aromatic rings. The molecule has 0 fully saturated rings. The second-order valence-electron chi connectivity index (χ2n) is 1.87. The molecule has 0 spiro atoms. The summed E-state index contributed by atoms with van der Waals surface area (Å²) in [6.07, 6.45) is 0. The number of rotatable bonds is 4. The van der Waals surface area contributed by atoms with Gasteiger partial charge in [-0.1, -0.05) is 0 Å². The van der Waals surface area contributed by atoms with Crippen LogP contribution in [0.5, 0.6) is 0 Å². The third kappa shape index (κ3) is 4.00. The molecule has 0 rings (SSSR count). The molecule has 0 aromatic carbocycles. The van der Waals surface area contributed by atoms with Crippen LogP contribution < -0.4 is 0 Å². The van der Waals surface area contributed by atoms with Gasteiger partial charge >= 0.3 is 0 Å². The van der Waals surface area contributed by atoms with Gasteiger partial charge in [0.2, 0.25) is 0 Å². The van der Waals surface area contributed by atoms with Crippen molar-refractivity contribution in [2.75, 3.05) is 26.9 Å². The molecule has 0 aliphatic heterocycles. The average molecular weight is 176 g/mol. The van der Waals surface area contributed by atoms with Crippen molar-refractivity contribution >= 4 is 0 Å². The normalized spacial score (nSPS) is 8.67. The number of aliphatic hydroxyl groups is 4. The van der Waals surface area contributed by atoms with E-state index in [2.05, 4.69) is 12.1 Å². The van der Waals surface area contributed by atoms with Gasteiger partial charge in [-0.15, -0.1) is 0 Å². The van der Waals surface area contributed by atoms with Crippen molar-refractivity contribution in [1.82, 2.24) is 9.80 Å². The fourth-order valence-corrected chi connectivity index (χ4v) is 0.372. The summed E-state index contributed by atoms with van der Waals surface area (Å²) in [5.41, 5.74) is 0. The number of hydrogen-bond acceptors (Lipinski definition) is 6. The Balaban J connectivity index is 3.96. The third-order valence-electron chi connectivity index (χ3n) is 1.05. The zero-order valence-electron chi connectivity index (χ0n) is 6.51. The minimum Gasteiger partial charge on any atom is -0.376 e. The fraction of sp³-hybridized carbons (Fsp3) is 0.667. The van der Waals surface area contributed by atoms with Crippen molar-refractivity contribution < 1.29 is 20.4 Å². The van der Waals surface area contributed by atoms with Crippen molar-refractivity contribution in [3.63, 3.8) is 0 Å². The highest BCUT2D eigenvalue weighted by atomic mass is 16.3. The highest BCUT2D eigenvalue weighted by Crippen LogP contribution is 1.81. The lowest BCUT2D eigenvalue weighted by atomic mass is 10.7. The average Bonchev–Trinajstić information content (AvgIpc) is 2.13. The van der Waals surface area contributed by atoms with Gasteiger partial charge in [0.05, 0.1) is 0 Å². The van der Waals surface area contributed by atoms with Crippen LogP contribution in [-0.2, 0) is 0 Å². The van der Waals surface area contributed by atoms with Crippen LogP contribution >= 0.6 is 0 Å². The van der Waals surface area contributed by atoms with Crippen LogP contribution in [0.15, 0.2) is 0 Å². The first-order chi connectivity index (χ1) is 5.78. The molecule has 0 atom stereocenters. The van der Waals surface area contributed by atoms with Gasteiger partial charge in [-0.2, -0.15) is 0 Å². The van der Waals surface area contributed by atoms with Crippen molar-refractivity contribution in [3.05, 3.63) is 0 Å². The fourth-order valence-electron chi connectivity index (χ4n) is 0.372. The van der Waals surface area contributed by atoms with Crippen LogP contribution in [-0.4, -0.2) is 57.1 Å². The molecule has 0 unspecified atom stereocenters. The lowest BCUT2D eigenvalue weighted by Gasteiger charge is -2.12. The van der Waals surface area contributed by atoms with Crippen molar-refractivity contribution in [2.45, 2.75) is 0 Å². The maximum absolute atomic E-state index is 8.50. The molecule has 0 saturated carbocycles. The van der Waals surface area contributed by atoms with E-state index < -0.39 is 26.9 Å². The second-order valence-corrected chi connectivity index (χ2v) is 1.87. The largest absolute Gasteiger partial charge is 0.376 e. The summed E-state index contributed by atoms with van der Waals surface area (Å²) in [7, 11) is 0. The Morgan fingerprint density at radius 3 is 1.08 bits per heavy atom. The molecule has 70 valence electrons. The highest BCUT2D eigenvalue weighted by molar-refractivity contribution is 4.95. The van der Waals surface area contributed by atoms with E-state index in [4.69, 9.17) is 20.4 Å². The number of hydrogen-bond donors (Lipinski definition) is 4. The van der Waals surface area contributed by atoms with E-state index in [9.17, 15) is 0 Å². The standard InChI is InChI=1S/C6H12N2O4/c9-3-7(4-10)1-2-8(5-11)6-12/h9-12H,3-6H2. The first-order valence-electron chi connectivity index (χ1n) is 3.23. The topological polar surface area (TPSA) is 87.4 Å². The first-order valence-corrected chi connectivity index (χ1v) is 3.23.